The predicted molar refractivity (Wildman–Crippen MR) is 119 cm³/mol. The smallest absolute Gasteiger partial charge is 0.338 e. The number of sulfone groups is 1. The highest BCUT2D eigenvalue weighted by molar-refractivity contribution is 7.90. The number of primary amides is 1. The van der Waals surface area contributed by atoms with Crippen LogP contribution in [0, 0.1) is 0 Å². The summed E-state index contributed by atoms with van der Waals surface area (Å²) in [6, 6.07) is 5.83. The molecular formula is C23H31N3O5S. The van der Waals surface area contributed by atoms with Crippen LogP contribution in [-0.4, -0.2) is 42.0 Å². The Labute approximate surface area is 188 Å². The molecule has 9 heteroatoms. The van der Waals surface area contributed by atoms with Crippen molar-refractivity contribution in [3.05, 3.63) is 35.9 Å². The molecule has 1 aromatic heterocycles. The Bertz CT molecular complexity index is 1070. The highest BCUT2D eigenvalue weighted by Gasteiger charge is 2.33. The van der Waals surface area contributed by atoms with Gasteiger partial charge in [-0.3, -0.25) is 5.21 Å². The Kier molecular flexibility index (Phi) is 6.57. The number of oxazole rings is 1. The zero-order valence-corrected chi connectivity index (χ0v) is 19.2. The fourth-order valence-corrected chi connectivity index (χ4v) is 5.98. The highest BCUT2D eigenvalue weighted by atomic mass is 32.2. The molecule has 2 saturated carbocycles. The quantitative estimate of drug-likeness (QED) is 0.495. The van der Waals surface area contributed by atoms with Crippen LogP contribution in [0.3, 0.4) is 0 Å². The first kappa shape index (κ1) is 22.8. The van der Waals surface area contributed by atoms with E-state index in [0.29, 0.717) is 47.9 Å². The molecule has 3 N–H and O–H groups in total. The largest absolute Gasteiger partial charge is 0.444 e. The van der Waals surface area contributed by atoms with Crippen LogP contribution in [0.25, 0.3) is 11.3 Å². The standard InChI is InChI=1S/C23H31N3O5S/c1-32(29,30)19-10-6-5-9-18(19)20-21(15-7-3-2-4-8-15)31-22(25-20)16-11-13-17(14-12-16)26(28)23(24)27/h5-6,9-10,15-17,28H,2-4,7-8,11-14H2,1H3,(H2,24,27). The van der Waals surface area contributed by atoms with Crippen LogP contribution in [0.2, 0.25) is 0 Å². The van der Waals surface area contributed by atoms with E-state index in [1.807, 2.05) is 6.07 Å². The van der Waals surface area contributed by atoms with E-state index in [-0.39, 0.29) is 22.8 Å². The number of carbonyl (C=O) groups is 1. The number of hydrogen-bond acceptors (Lipinski definition) is 6. The van der Waals surface area contributed by atoms with E-state index < -0.39 is 15.9 Å². The van der Waals surface area contributed by atoms with E-state index in [1.165, 1.54) is 12.7 Å². The second kappa shape index (κ2) is 9.23. The number of aromatic nitrogens is 1. The van der Waals surface area contributed by atoms with Gasteiger partial charge in [-0.05, 0) is 44.6 Å². The van der Waals surface area contributed by atoms with Crippen LogP contribution < -0.4 is 5.73 Å². The second-order valence-electron chi connectivity index (χ2n) is 9.06. The molecule has 2 aliphatic carbocycles. The van der Waals surface area contributed by atoms with Gasteiger partial charge >= 0.3 is 6.03 Å². The van der Waals surface area contributed by atoms with E-state index >= 15 is 0 Å². The molecule has 4 rings (SSSR count). The normalized spacial score (nSPS) is 22.6. The molecule has 0 unspecified atom stereocenters. The van der Waals surface area contributed by atoms with E-state index in [9.17, 15) is 18.4 Å². The van der Waals surface area contributed by atoms with Gasteiger partial charge in [-0.1, -0.05) is 37.5 Å². The molecule has 0 radical (unpaired) electrons. The van der Waals surface area contributed by atoms with E-state index in [4.69, 9.17) is 15.1 Å². The van der Waals surface area contributed by atoms with Crippen LogP contribution in [0.4, 0.5) is 4.79 Å². The van der Waals surface area contributed by atoms with Crippen molar-refractivity contribution >= 4 is 15.9 Å². The van der Waals surface area contributed by atoms with Gasteiger partial charge < -0.3 is 10.2 Å². The summed E-state index contributed by atoms with van der Waals surface area (Å²) in [6.45, 7) is 0. The van der Waals surface area contributed by atoms with Crippen molar-refractivity contribution in [1.29, 1.82) is 0 Å². The van der Waals surface area contributed by atoms with Gasteiger partial charge in [-0.25, -0.2) is 23.3 Å². The first-order chi connectivity index (χ1) is 15.3. The number of nitrogens with two attached hydrogens (primary N) is 1. The van der Waals surface area contributed by atoms with Crippen LogP contribution in [0.1, 0.15) is 81.3 Å². The van der Waals surface area contributed by atoms with E-state index in [2.05, 4.69) is 0 Å². The molecule has 0 bridgehead atoms. The lowest BCUT2D eigenvalue weighted by atomic mass is 9.86. The molecular weight excluding hydrogens is 430 g/mol. The van der Waals surface area contributed by atoms with Gasteiger partial charge in [0, 0.05) is 23.7 Å². The average Bonchev–Trinajstić information content (AvgIpc) is 3.24. The van der Waals surface area contributed by atoms with Crippen LogP contribution in [0.15, 0.2) is 33.6 Å². The van der Waals surface area contributed by atoms with Crippen LogP contribution in [0.5, 0.6) is 0 Å². The maximum absolute atomic E-state index is 12.5. The van der Waals surface area contributed by atoms with Crippen molar-refractivity contribution in [2.45, 2.75) is 80.6 Å². The van der Waals surface area contributed by atoms with Gasteiger partial charge in [0.2, 0.25) is 0 Å². The molecule has 2 fully saturated rings. The maximum Gasteiger partial charge on any atom is 0.338 e. The summed E-state index contributed by atoms with van der Waals surface area (Å²) < 4.78 is 31.3. The Morgan fingerprint density at radius 3 is 2.34 bits per heavy atom. The topological polar surface area (TPSA) is 127 Å². The molecule has 0 spiro atoms. The van der Waals surface area contributed by atoms with Crippen molar-refractivity contribution in [3.8, 4) is 11.3 Å². The fourth-order valence-electron chi connectivity index (χ4n) is 5.09. The summed E-state index contributed by atoms with van der Waals surface area (Å²) in [4.78, 5) is 16.4. The van der Waals surface area contributed by atoms with Crippen LogP contribution >= 0.6 is 0 Å². The van der Waals surface area contributed by atoms with Crippen molar-refractivity contribution < 1.29 is 22.8 Å². The zero-order valence-electron chi connectivity index (χ0n) is 18.4. The Morgan fingerprint density at radius 2 is 1.72 bits per heavy atom. The molecule has 0 aliphatic heterocycles. The molecule has 0 saturated heterocycles. The van der Waals surface area contributed by atoms with Crippen molar-refractivity contribution in [1.82, 2.24) is 10.0 Å². The first-order valence-corrected chi connectivity index (χ1v) is 13.2. The molecule has 1 heterocycles. The average molecular weight is 462 g/mol. The number of rotatable bonds is 5. The van der Waals surface area contributed by atoms with E-state index in [1.54, 1.807) is 18.2 Å². The SMILES string of the molecule is CS(=O)(=O)c1ccccc1-c1nc(C2CCC(N(O)C(N)=O)CC2)oc1C1CCCCC1. The Morgan fingerprint density at radius 1 is 1.06 bits per heavy atom. The van der Waals surface area contributed by atoms with Crippen molar-refractivity contribution in [3.63, 3.8) is 0 Å². The minimum absolute atomic E-state index is 0.0500. The monoisotopic (exact) mass is 461 g/mol. The number of hydrogen-bond donors (Lipinski definition) is 2. The van der Waals surface area contributed by atoms with Gasteiger partial charge in [-0.15, -0.1) is 0 Å². The molecule has 0 atom stereocenters. The molecule has 2 amide bonds. The number of urea groups is 1. The van der Waals surface area contributed by atoms with Crippen LogP contribution in [-0.2, 0) is 9.84 Å². The molecule has 32 heavy (non-hydrogen) atoms. The molecule has 174 valence electrons. The summed E-state index contributed by atoms with van der Waals surface area (Å²) in [6.07, 6.45) is 9.28. The lowest BCUT2D eigenvalue weighted by Gasteiger charge is -2.30. The minimum atomic E-state index is -3.43. The third kappa shape index (κ3) is 4.68. The summed E-state index contributed by atoms with van der Waals surface area (Å²) in [5, 5.41) is 10.5. The third-order valence-electron chi connectivity index (χ3n) is 6.81. The van der Waals surface area contributed by atoms with Gasteiger partial charge in [0.1, 0.15) is 11.5 Å². The lowest BCUT2D eigenvalue weighted by Crippen LogP contribution is -2.42. The summed E-state index contributed by atoms with van der Waals surface area (Å²) >= 11 is 0. The Balaban J connectivity index is 1.68. The van der Waals surface area contributed by atoms with Crippen molar-refractivity contribution in [2.24, 2.45) is 5.73 Å². The number of amides is 2. The molecule has 1 aromatic carbocycles. The van der Waals surface area contributed by atoms with Crippen molar-refractivity contribution in [2.75, 3.05) is 6.26 Å². The molecule has 8 nitrogen and oxygen atoms in total. The zero-order chi connectivity index (χ0) is 22.9. The second-order valence-corrected chi connectivity index (χ2v) is 11.0. The number of nitrogens with zero attached hydrogens (tertiary/aromatic N) is 2. The maximum atomic E-state index is 12.5. The van der Waals surface area contributed by atoms with E-state index in [0.717, 1.165) is 31.4 Å². The third-order valence-corrected chi connectivity index (χ3v) is 7.96. The summed E-state index contributed by atoms with van der Waals surface area (Å²) in [7, 11) is -3.43. The number of benzene rings is 1. The number of hydroxylamine groups is 2. The lowest BCUT2D eigenvalue weighted by molar-refractivity contribution is -0.0854. The summed E-state index contributed by atoms with van der Waals surface area (Å²) in [5.41, 5.74) is 6.42. The fraction of sp³-hybridized carbons (Fsp3) is 0.565. The van der Waals surface area contributed by atoms with Gasteiger partial charge in [0.05, 0.1) is 10.9 Å². The summed E-state index contributed by atoms with van der Waals surface area (Å²) in [5.74, 6) is 1.69. The highest BCUT2D eigenvalue weighted by Crippen LogP contribution is 2.43. The number of carbonyl (C=O) groups excluding carboxylic acids is 1. The van der Waals surface area contributed by atoms with Gasteiger partial charge in [-0.2, -0.15) is 0 Å². The first-order valence-electron chi connectivity index (χ1n) is 11.3. The Hall–Kier alpha value is -2.39. The van der Waals surface area contributed by atoms with Gasteiger partial charge in [0.25, 0.3) is 0 Å². The molecule has 2 aromatic rings. The predicted octanol–water partition coefficient (Wildman–Crippen LogP) is 4.59. The van der Waals surface area contributed by atoms with Gasteiger partial charge in [0.15, 0.2) is 15.7 Å². The minimum Gasteiger partial charge on any atom is -0.444 e. The molecule has 2 aliphatic rings.